The fourth-order valence-corrected chi connectivity index (χ4v) is 5.07. The number of hydrogen-bond donors (Lipinski definition) is 1. The topological polar surface area (TPSA) is 85.5 Å². The first-order valence-electron chi connectivity index (χ1n) is 9.30. The molecule has 5 rings (SSSR count). The molecule has 28 heavy (non-hydrogen) atoms. The van der Waals surface area contributed by atoms with Crippen LogP contribution in [0.15, 0.2) is 42.6 Å². The summed E-state index contributed by atoms with van der Waals surface area (Å²) in [6.07, 6.45) is 3.31. The van der Waals surface area contributed by atoms with Crippen LogP contribution in [0.25, 0.3) is 10.2 Å². The van der Waals surface area contributed by atoms with Gasteiger partial charge in [-0.05, 0) is 24.3 Å². The third kappa shape index (κ3) is 2.65. The number of carbonyl (C=O) groups excluding carboxylic acids is 2. The van der Waals surface area contributed by atoms with Gasteiger partial charge >= 0.3 is 0 Å². The summed E-state index contributed by atoms with van der Waals surface area (Å²) >= 11 is 1.34. The second-order valence-electron chi connectivity index (χ2n) is 7.37. The molecule has 1 fully saturated rings. The Labute approximate surface area is 165 Å². The number of nitrogens with two attached hydrogens (primary N) is 1. The molecule has 7 heteroatoms. The molecule has 4 heterocycles. The zero-order chi connectivity index (χ0) is 19.3. The second kappa shape index (κ2) is 6.31. The Bertz CT molecular complexity index is 1100. The number of ketones is 1. The molecule has 2 aromatic heterocycles. The lowest BCUT2D eigenvalue weighted by Gasteiger charge is -2.43. The van der Waals surface area contributed by atoms with Gasteiger partial charge < -0.3 is 15.4 Å². The number of thiophene rings is 1. The number of piperidine rings is 1. The van der Waals surface area contributed by atoms with E-state index in [2.05, 4.69) is 4.98 Å². The van der Waals surface area contributed by atoms with Crippen molar-refractivity contribution in [3.05, 3.63) is 53.7 Å². The van der Waals surface area contributed by atoms with Crippen LogP contribution in [-0.2, 0) is 0 Å². The molecule has 0 saturated carbocycles. The van der Waals surface area contributed by atoms with Crippen molar-refractivity contribution in [1.29, 1.82) is 0 Å². The molecule has 0 aliphatic carbocycles. The Balaban J connectivity index is 1.37. The predicted molar refractivity (Wildman–Crippen MR) is 108 cm³/mol. The molecule has 2 aliphatic heterocycles. The summed E-state index contributed by atoms with van der Waals surface area (Å²) in [5.74, 6) is 0.688. The van der Waals surface area contributed by atoms with Gasteiger partial charge in [0.2, 0.25) is 0 Å². The van der Waals surface area contributed by atoms with Gasteiger partial charge in [0.1, 0.15) is 21.2 Å². The predicted octanol–water partition coefficient (Wildman–Crippen LogP) is 3.52. The van der Waals surface area contributed by atoms with Crippen molar-refractivity contribution in [2.24, 2.45) is 0 Å². The molecule has 2 aliphatic rings. The minimum absolute atomic E-state index is 0.0749. The SMILES string of the molecule is Nc1sc2ncccc2c1C(=O)N1CCC2(CC1)CC(=O)c1ccccc1O2. The number of pyridine rings is 1. The molecule has 142 valence electrons. The lowest BCUT2D eigenvalue weighted by atomic mass is 9.82. The lowest BCUT2D eigenvalue weighted by Crippen LogP contribution is -2.52. The van der Waals surface area contributed by atoms with Crippen molar-refractivity contribution in [2.75, 3.05) is 18.8 Å². The van der Waals surface area contributed by atoms with E-state index >= 15 is 0 Å². The summed E-state index contributed by atoms with van der Waals surface area (Å²) in [4.78, 5) is 32.6. The number of likely N-dealkylation sites (tertiary alicyclic amines) is 1. The highest BCUT2D eigenvalue weighted by atomic mass is 32.1. The van der Waals surface area contributed by atoms with Crippen LogP contribution < -0.4 is 10.5 Å². The first kappa shape index (κ1) is 17.2. The number of ether oxygens (including phenoxy) is 1. The van der Waals surface area contributed by atoms with Crippen molar-refractivity contribution in [3.63, 3.8) is 0 Å². The van der Waals surface area contributed by atoms with E-state index in [1.54, 1.807) is 6.20 Å². The van der Waals surface area contributed by atoms with Crippen LogP contribution in [0.5, 0.6) is 5.75 Å². The number of nitrogens with zero attached hydrogens (tertiary/aromatic N) is 2. The number of hydrogen-bond acceptors (Lipinski definition) is 6. The minimum atomic E-state index is -0.522. The van der Waals surface area contributed by atoms with E-state index in [0.717, 1.165) is 10.2 Å². The number of fused-ring (bicyclic) bond motifs is 2. The van der Waals surface area contributed by atoms with Crippen LogP contribution >= 0.6 is 11.3 Å². The Hall–Kier alpha value is -2.93. The number of carbonyl (C=O) groups is 2. The standard InChI is InChI=1S/C21H19N3O3S/c22-18-17(14-5-3-9-23-19(14)28-18)20(26)24-10-7-21(8-11-24)12-15(25)13-4-1-2-6-16(13)27-21/h1-6,9H,7-8,10-12,22H2. The molecule has 1 saturated heterocycles. The van der Waals surface area contributed by atoms with Gasteiger partial charge in [-0.15, -0.1) is 0 Å². The number of Topliss-reactive ketones (excluding diaryl/α,β-unsaturated/α-hetero) is 1. The van der Waals surface area contributed by atoms with Crippen LogP contribution in [0.3, 0.4) is 0 Å². The smallest absolute Gasteiger partial charge is 0.257 e. The molecule has 1 amide bonds. The fraction of sp³-hybridized carbons (Fsp3) is 0.286. The van der Waals surface area contributed by atoms with Crippen molar-refractivity contribution in [3.8, 4) is 5.75 Å². The molecule has 1 aromatic carbocycles. The normalized spacial score (nSPS) is 18.1. The van der Waals surface area contributed by atoms with Gasteiger partial charge in [-0.3, -0.25) is 9.59 Å². The molecule has 2 N–H and O–H groups in total. The number of anilines is 1. The Morgan fingerprint density at radius 2 is 1.96 bits per heavy atom. The van der Waals surface area contributed by atoms with Gasteiger partial charge in [0, 0.05) is 37.5 Å². The number of aromatic nitrogens is 1. The van der Waals surface area contributed by atoms with E-state index in [1.807, 2.05) is 41.3 Å². The maximum absolute atomic E-state index is 13.1. The Kier molecular flexibility index (Phi) is 3.87. The third-order valence-corrected chi connectivity index (χ3v) is 6.61. The molecular weight excluding hydrogens is 374 g/mol. The van der Waals surface area contributed by atoms with Crippen molar-refractivity contribution >= 4 is 38.2 Å². The van der Waals surface area contributed by atoms with Crippen LogP contribution in [0, 0.1) is 0 Å². The van der Waals surface area contributed by atoms with E-state index in [-0.39, 0.29) is 11.7 Å². The van der Waals surface area contributed by atoms with Gasteiger partial charge in [0.05, 0.1) is 17.5 Å². The average molecular weight is 393 g/mol. The highest BCUT2D eigenvalue weighted by molar-refractivity contribution is 7.22. The fourth-order valence-electron chi connectivity index (χ4n) is 4.17. The first-order valence-corrected chi connectivity index (χ1v) is 10.1. The van der Waals surface area contributed by atoms with E-state index in [1.165, 1.54) is 11.3 Å². The van der Waals surface area contributed by atoms with Crippen molar-refractivity contribution in [1.82, 2.24) is 9.88 Å². The maximum atomic E-state index is 13.1. The average Bonchev–Trinajstić information content (AvgIpc) is 3.04. The first-order chi connectivity index (χ1) is 13.6. The summed E-state index contributed by atoms with van der Waals surface area (Å²) in [6, 6.07) is 11.1. The maximum Gasteiger partial charge on any atom is 0.257 e. The van der Waals surface area contributed by atoms with Crippen LogP contribution in [-0.4, -0.2) is 40.3 Å². The lowest BCUT2D eigenvalue weighted by molar-refractivity contribution is -0.00561. The van der Waals surface area contributed by atoms with E-state index in [0.29, 0.717) is 54.2 Å². The number of amides is 1. The molecule has 0 atom stereocenters. The molecular formula is C21H19N3O3S. The van der Waals surface area contributed by atoms with Crippen molar-refractivity contribution in [2.45, 2.75) is 24.9 Å². The van der Waals surface area contributed by atoms with Gasteiger partial charge in [0.25, 0.3) is 5.91 Å². The van der Waals surface area contributed by atoms with Gasteiger partial charge in [-0.2, -0.15) is 0 Å². The van der Waals surface area contributed by atoms with Crippen LogP contribution in [0.2, 0.25) is 0 Å². The monoisotopic (exact) mass is 393 g/mol. The van der Waals surface area contributed by atoms with Crippen molar-refractivity contribution < 1.29 is 14.3 Å². The number of rotatable bonds is 1. The highest BCUT2D eigenvalue weighted by Gasteiger charge is 2.44. The summed E-state index contributed by atoms with van der Waals surface area (Å²) in [7, 11) is 0. The Morgan fingerprint density at radius 3 is 2.79 bits per heavy atom. The van der Waals surface area contributed by atoms with E-state index < -0.39 is 5.60 Å². The summed E-state index contributed by atoms with van der Waals surface area (Å²) in [5, 5.41) is 1.30. The molecule has 3 aromatic rings. The van der Waals surface area contributed by atoms with Gasteiger partial charge in [-0.25, -0.2) is 4.98 Å². The number of nitrogen functional groups attached to an aromatic ring is 1. The quantitative estimate of drug-likeness (QED) is 0.684. The molecule has 1 spiro atoms. The molecule has 0 radical (unpaired) electrons. The van der Waals surface area contributed by atoms with Gasteiger partial charge in [-0.1, -0.05) is 23.5 Å². The molecule has 0 unspecified atom stereocenters. The summed E-state index contributed by atoms with van der Waals surface area (Å²) < 4.78 is 6.25. The third-order valence-electron chi connectivity index (χ3n) is 5.67. The van der Waals surface area contributed by atoms with Crippen LogP contribution in [0.4, 0.5) is 5.00 Å². The van der Waals surface area contributed by atoms with Gasteiger partial charge in [0.15, 0.2) is 5.78 Å². The summed E-state index contributed by atoms with van der Waals surface area (Å²) in [5.41, 5.74) is 6.80. The number of benzene rings is 1. The Morgan fingerprint density at radius 1 is 1.18 bits per heavy atom. The zero-order valence-corrected chi connectivity index (χ0v) is 16.0. The second-order valence-corrected chi connectivity index (χ2v) is 8.40. The highest BCUT2D eigenvalue weighted by Crippen LogP contribution is 2.40. The van der Waals surface area contributed by atoms with E-state index in [9.17, 15) is 9.59 Å². The molecule has 0 bridgehead atoms. The van der Waals surface area contributed by atoms with E-state index in [4.69, 9.17) is 10.5 Å². The zero-order valence-electron chi connectivity index (χ0n) is 15.2. The largest absolute Gasteiger partial charge is 0.486 e. The summed E-state index contributed by atoms with van der Waals surface area (Å²) in [6.45, 7) is 1.07. The molecule has 6 nitrogen and oxygen atoms in total. The number of para-hydroxylation sites is 1. The minimum Gasteiger partial charge on any atom is -0.486 e. The van der Waals surface area contributed by atoms with Crippen LogP contribution in [0.1, 0.15) is 40.0 Å².